The molecule has 2 rings (SSSR count). The van der Waals surface area contributed by atoms with E-state index >= 15 is 0 Å². The lowest BCUT2D eigenvalue weighted by Crippen LogP contribution is -2.36. The summed E-state index contributed by atoms with van der Waals surface area (Å²) >= 11 is 0. The highest BCUT2D eigenvalue weighted by Crippen LogP contribution is 2.30. The second kappa shape index (κ2) is 6.13. The number of nitrogens with one attached hydrogen (secondary N) is 1. The van der Waals surface area contributed by atoms with Gasteiger partial charge in [-0.1, -0.05) is 12.1 Å². The zero-order valence-corrected chi connectivity index (χ0v) is 12.1. The number of fused-ring (bicyclic) bond motifs is 1. The van der Waals surface area contributed by atoms with Crippen LogP contribution in [0.2, 0.25) is 0 Å². The van der Waals surface area contributed by atoms with Gasteiger partial charge in [0.2, 0.25) is 10.0 Å². The Bertz CT molecular complexity index is 586. The van der Waals surface area contributed by atoms with Gasteiger partial charge in [0.15, 0.2) is 5.75 Å². The molecule has 0 saturated carbocycles. The van der Waals surface area contributed by atoms with Gasteiger partial charge in [0.05, 0.1) is 18.0 Å². The normalized spacial score (nSPS) is 14.9. The predicted octanol–water partition coefficient (Wildman–Crippen LogP) is 1.20. The molecule has 20 heavy (non-hydrogen) atoms. The van der Waals surface area contributed by atoms with Gasteiger partial charge in [0.25, 0.3) is 0 Å². The molecule has 7 heteroatoms. The van der Waals surface area contributed by atoms with Crippen molar-refractivity contribution < 1.29 is 17.9 Å². The lowest BCUT2D eigenvalue weighted by atomic mass is 10.2. The van der Waals surface area contributed by atoms with Gasteiger partial charge in [0, 0.05) is 13.1 Å². The van der Waals surface area contributed by atoms with E-state index in [9.17, 15) is 13.2 Å². The minimum Gasteiger partial charge on any atom is -0.465 e. The van der Waals surface area contributed by atoms with E-state index < -0.39 is 21.7 Å². The van der Waals surface area contributed by atoms with Gasteiger partial charge in [-0.3, -0.25) is 9.10 Å². The third-order valence-corrected chi connectivity index (χ3v) is 4.62. The molecular weight excluding hydrogens is 280 g/mol. The Labute approximate surface area is 118 Å². The number of benzene rings is 1. The summed E-state index contributed by atoms with van der Waals surface area (Å²) in [4.78, 5) is 11.5. The van der Waals surface area contributed by atoms with Crippen molar-refractivity contribution in [1.82, 2.24) is 0 Å². The molecule has 0 unspecified atom stereocenters. The molecule has 1 aromatic rings. The number of carbonyl (C=O) groups excluding carboxylic acids is 1. The van der Waals surface area contributed by atoms with Crippen LogP contribution >= 0.6 is 0 Å². The summed E-state index contributed by atoms with van der Waals surface area (Å²) in [5, 5.41) is 3.18. The summed E-state index contributed by atoms with van der Waals surface area (Å²) in [6.45, 7) is 2.87. The molecule has 6 nitrogen and oxygen atoms in total. The standard InChI is InChI=1S/C13H18N2O4S/c1-2-19-13(16)10-20(17,18)15-9-5-8-14-11-6-3-4-7-12(11)15/h3-4,6-7,14H,2,5,8-10H2,1H3. The molecule has 0 atom stereocenters. The SMILES string of the molecule is CCOC(=O)CS(=O)(=O)N1CCCNc2ccccc21. The molecular formula is C13H18N2O4S. The number of para-hydroxylation sites is 2. The number of sulfonamides is 1. The summed E-state index contributed by atoms with van der Waals surface area (Å²) in [6.07, 6.45) is 0.677. The Kier molecular flexibility index (Phi) is 4.49. The number of anilines is 2. The summed E-state index contributed by atoms with van der Waals surface area (Å²) in [6, 6.07) is 7.18. The van der Waals surface area contributed by atoms with E-state index in [-0.39, 0.29) is 6.61 Å². The first kappa shape index (κ1) is 14.6. The molecule has 0 saturated heterocycles. The van der Waals surface area contributed by atoms with Crippen molar-refractivity contribution in [1.29, 1.82) is 0 Å². The maximum absolute atomic E-state index is 12.4. The van der Waals surface area contributed by atoms with Crippen LogP contribution in [-0.2, 0) is 19.6 Å². The van der Waals surface area contributed by atoms with Crippen LogP contribution in [0, 0.1) is 0 Å². The molecule has 0 bridgehead atoms. The minimum atomic E-state index is -3.72. The first-order valence-corrected chi connectivity index (χ1v) is 8.14. The smallest absolute Gasteiger partial charge is 0.323 e. The molecule has 1 aliphatic rings. The van der Waals surface area contributed by atoms with E-state index in [0.29, 0.717) is 25.2 Å². The van der Waals surface area contributed by atoms with Crippen LogP contribution in [-0.4, -0.2) is 39.8 Å². The molecule has 0 aliphatic carbocycles. The molecule has 1 aliphatic heterocycles. The number of ether oxygens (including phenoxy) is 1. The van der Waals surface area contributed by atoms with Crippen LogP contribution in [0.5, 0.6) is 0 Å². The van der Waals surface area contributed by atoms with Crippen molar-refractivity contribution >= 4 is 27.4 Å². The van der Waals surface area contributed by atoms with Crippen molar-refractivity contribution in [2.24, 2.45) is 0 Å². The van der Waals surface area contributed by atoms with E-state index in [4.69, 9.17) is 4.74 Å². The largest absolute Gasteiger partial charge is 0.465 e. The Morgan fingerprint density at radius 1 is 1.40 bits per heavy atom. The molecule has 1 N–H and O–H groups in total. The van der Waals surface area contributed by atoms with Crippen LogP contribution in [0.1, 0.15) is 13.3 Å². The van der Waals surface area contributed by atoms with Crippen molar-refractivity contribution in [3.63, 3.8) is 0 Å². The van der Waals surface area contributed by atoms with Gasteiger partial charge in [-0.15, -0.1) is 0 Å². The van der Waals surface area contributed by atoms with Crippen LogP contribution in [0.3, 0.4) is 0 Å². The van der Waals surface area contributed by atoms with Crippen molar-refractivity contribution in [2.75, 3.05) is 35.1 Å². The predicted molar refractivity (Wildman–Crippen MR) is 77.3 cm³/mol. The van der Waals surface area contributed by atoms with E-state index in [2.05, 4.69) is 5.32 Å². The Hall–Kier alpha value is -1.76. The highest BCUT2D eigenvalue weighted by atomic mass is 32.2. The Morgan fingerprint density at radius 2 is 2.15 bits per heavy atom. The van der Waals surface area contributed by atoms with Gasteiger partial charge >= 0.3 is 5.97 Å². The molecule has 1 heterocycles. The Balaban J connectivity index is 2.29. The maximum atomic E-state index is 12.4. The van der Waals surface area contributed by atoms with Crippen LogP contribution in [0.4, 0.5) is 11.4 Å². The average molecular weight is 298 g/mol. The Morgan fingerprint density at radius 3 is 2.90 bits per heavy atom. The fourth-order valence-electron chi connectivity index (χ4n) is 2.13. The molecule has 0 spiro atoms. The van der Waals surface area contributed by atoms with Gasteiger partial charge < -0.3 is 10.1 Å². The second-order valence-electron chi connectivity index (χ2n) is 4.43. The number of hydrogen-bond donors (Lipinski definition) is 1. The lowest BCUT2D eigenvalue weighted by Gasteiger charge is -2.23. The fourth-order valence-corrected chi connectivity index (χ4v) is 3.53. The van der Waals surface area contributed by atoms with Crippen molar-refractivity contribution in [3.8, 4) is 0 Å². The minimum absolute atomic E-state index is 0.173. The van der Waals surface area contributed by atoms with Gasteiger partial charge in [-0.2, -0.15) is 0 Å². The first-order valence-electron chi connectivity index (χ1n) is 6.53. The molecule has 0 radical (unpaired) electrons. The number of esters is 1. The van der Waals surface area contributed by atoms with Gasteiger partial charge in [-0.05, 0) is 25.5 Å². The highest BCUT2D eigenvalue weighted by molar-refractivity contribution is 7.93. The van der Waals surface area contributed by atoms with Crippen molar-refractivity contribution in [3.05, 3.63) is 24.3 Å². The average Bonchev–Trinajstić information content (AvgIpc) is 2.60. The number of carbonyl (C=O) groups is 1. The third-order valence-electron chi connectivity index (χ3n) is 2.97. The lowest BCUT2D eigenvalue weighted by molar-refractivity contribution is -0.139. The maximum Gasteiger partial charge on any atom is 0.323 e. The van der Waals surface area contributed by atoms with Crippen molar-refractivity contribution in [2.45, 2.75) is 13.3 Å². The monoisotopic (exact) mass is 298 g/mol. The quantitative estimate of drug-likeness (QED) is 0.845. The molecule has 1 aromatic carbocycles. The van der Waals surface area contributed by atoms with Gasteiger partial charge in [-0.25, -0.2) is 8.42 Å². The third kappa shape index (κ3) is 3.22. The molecule has 0 aromatic heterocycles. The van der Waals surface area contributed by atoms with E-state index in [1.54, 1.807) is 19.1 Å². The zero-order chi connectivity index (χ0) is 14.6. The van der Waals surface area contributed by atoms with Crippen LogP contribution in [0.25, 0.3) is 0 Å². The summed E-state index contributed by atoms with van der Waals surface area (Å²) in [7, 11) is -3.72. The van der Waals surface area contributed by atoms with E-state index in [1.807, 2.05) is 12.1 Å². The molecule has 110 valence electrons. The van der Waals surface area contributed by atoms with E-state index in [0.717, 1.165) is 5.69 Å². The number of nitrogens with zero attached hydrogens (tertiary/aromatic N) is 1. The summed E-state index contributed by atoms with van der Waals surface area (Å²) in [5.74, 6) is -1.35. The van der Waals surface area contributed by atoms with Gasteiger partial charge in [0.1, 0.15) is 0 Å². The van der Waals surface area contributed by atoms with Crippen LogP contribution in [0.15, 0.2) is 24.3 Å². The summed E-state index contributed by atoms with van der Waals surface area (Å²) < 4.78 is 30.8. The highest BCUT2D eigenvalue weighted by Gasteiger charge is 2.28. The summed E-state index contributed by atoms with van der Waals surface area (Å²) in [5.41, 5.74) is 1.34. The number of hydrogen-bond acceptors (Lipinski definition) is 5. The molecule has 0 amide bonds. The second-order valence-corrected chi connectivity index (χ2v) is 6.32. The topological polar surface area (TPSA) is 75.7 Å². The first-order chi connectivity index (χ1) is 9.54. The molecule has 0 fully saturated rings. The zero-order valence-electron chi connectivity index (χ0n) is 11.3. The number of rotatable bonds is 4. The van der Waals surface area contributed by atoms with E-state index in [1.165, 1.54) is 4.31 Å². The van der Waals surface area contributed by atoms with Crippen LogP contribution < -0.4 is 9.62 Å². The fraction of sp³-hybridized carbons (Fsp3) is 0.462.